The van der Waals surface area contributed by atoms with Crippen LogP contribution in [0.15, 0.2) is 42.5 Å². The van der Waals surface area contributed by atoms with E-state index in [4.69, 9.17) is 34.8 Å². The average Bonchev–Trinajstić information content (AvgIpc) is 2.67. The van der Waals surface area contributed by atoms with Gasteiger partial charge in [0.2, 0.25) is 11.8 Å². The van der Waals surface area contributed by atoms with Crippen molar-refractivity contribution in [3.05, 3.63) is 68.7 Å². The van der Waals surface area contributed by atoms with Crippen LogP contribution < -0.4 is 5.32 Å². The molecule has 0 radical (unpaired) electrons. The molecule has 8 heteroatoms. The molecule has 0 aromatic heterocycles. The van der Waals surface area contributed by atoms with Crippen molar-refractivity contribution in [2.24, 2.45) is 0 Å². The number of amides is 2. The number of likely N-dealkylation sites (N-methyl/N-ethyl adjacent to an activating group) is 1. The highest BCUT2D eigenvalue weighted by atomic mass is 35.5. The lowest BCUT2D eigenvalue weighted by molar-refractivity contribution is -0.138. The normalized spacial score (nSPS) is 11.8. The number of carbonyl (C=O) groups is 2. The van der Waals surface area contributed by atoms with Gasteiger partial charge in [-0.2, -0.15) is 0 Å². The molecular weight excluding hydrogens is 439 g/mol. The van der Waals surface area contributed by atoms with Crippen LogP contribution in [0.1, 0.15) is 18.1 Å². The van der Waals surface area contributed by atoms with E-state index in [1.165, 1.54) is 11.8 Å². The standard InChI is InChI=1S/C20H21Cl3N2O2S/c1-13(20(27)24-2)25(10-14-6-7-17(22)18(23)9-14)19(26)12-28-11-15-4-3-5-16(21)8-15/h3-9,13H,10-12H2,1-2H3,(H,24,27)/t13-/m0/s1. The SMILES string of the molecule is CNC(=O)[C@H](C)N(Cc1ccc(Cl)c(Cl)c1)C(=O)CSCc1cccc(Cl)c1. The first-order valence-electron chi connectivity index (χ1n) is 8.59. The molecule has 0 bridgehead atoms. The van der Waals surface area contributed by atoms with Gasteiger partial charge in [-0.05, 0) is 42.3 Å². The van der Waals surface area contributed by atoms with Gasteiger partial charge < -0.3 is 10.2 Å². The Morgan fingerprint density at radius 2 is 1.82 bits per heavy atom. The molecule has 28 heavy (non-hydrogen) atoms. The van der Waals surface area contributed by atoms with E-state index in [9.17, 15) is 9.59 Å². The predicted octanol–water partition coefficient (Wildman–Crippen LogP) is 5.04. The molecule has 2 aromatic rings. The fourth-order valence-electron chi connectivity index (χ4n) is 2.59. The molecule has 0 aliphatic heterocycles. The molecule has 4 nitrogen and oxygen atoms in total. The third-order valence-electron chi connectivity index (χ3n) is 4.13. The van der Waals surface area contributed by atoms with Crippen molar-refractivity contribution in [3.63, 3.8) is 0 Å². The van der Waals surface area contributed by atoms with Crippen molar-refractivity contribution in [1.82, 2.24) is 10.2 Å². The van der Waals surface area contributed by atoms with Gasteiger partial charge in [0.25, 0.3) is 0 Å². The first-order valence-corrected chi connectivity index (χ1v) is 10.9. The quantitative estimate of drug-likeness (QED) is 0.601. The maximum Gasteiger partial charge on any atom is 0.242 e. The van der Waals surface area contributed by atoms with Gasteiger partial charge in [-0.15, -0.1) is 11.8 Å². The summed E-state index contributed by atoms with van der Waals surface area (Å²) >= 11 is 19.5. The zero-order chi connectivity index (χ0) is 20.7. The largest absolute Gasteiger partial charge is 0.357 e. The molecule has 150 valence electrons. The lowest BCUT2D eigenvalue weighted by Crippen LogP contribution is -2.47. The van der Waals surface area contributed by atoms with Crippen molar-refractivity contribution in [2.75, 3.05) is 12.8 Å². The summed E-state index contributed by atoms with van der Waals surface area (Å²) in [6.07, 6.45) is 0. The van der Waals surface area contributed by atoms with Crippen molar-refractivity contribution in [3.8, 4) is 0 Å². The molecule has 0 unspecified atom stereocenters. The summed E-state index contributed by atoms with van der Waals surface area (Å²) in [7, 11) is 1.55. The smallest absolute Gasteiger partial charge is 0.242 e. The molecule has 0 heterocycles. The molecule has 0 fully saturated rings. The van der Waals surface area contributed by atoms with E-state index in [1.807, 2.05) is 24.3 Å². The van der Waals surface area contributed by atoms with E-state index in [-0.39, 0.29) is 24.1 Å². The van der Waals surface area contributed by atoms with Crippen LogP contribution in [0.25, 0.3) is 0 Å². The van der Waals surface area contributed by atoms with Gasteiger partial charge in [-0.3, -0.25) is 9.59 Å². The number of nitrogens with one attached hydrogen (secondary N) is 1. The van der Waals surface area contributed by atoms with Gasteiger partial charge in [0.15, 0.2) is 0 Å². The minimum atomic E-state index is -0.612. The Balaban J connectivity index is 2.07. The maximum absolute atomic E-state index is 12.9. The van der Waals surface area contributed by atoms with Crippen molar-refractivity contribution in [2.45, 2.75) is 25.3 Å². The minimum Gasteiger partial charge on any atom is -0.357 e. The molecule has 0 saturated carbocycles. The lowest BCUT2D eigenvalue weighted by Gasteiger charge is -2.28. The van der Waals surface area contributed by atoms with Gasteiger partial charge >= 0.3 is 0 Å². The lowest BCUT2D eigenvalue weighted by atomic mass is 10.1. The Bertz CT molecular complexity index is 848. The van der Waals surface area contributed by atoms with E-state index in [0.717, 1.165) is 11.1 Å². The number of nitrogens with zero attached hydrogens (tertiary/aromatic N) is 1. The average molecular weight is 460 g/mol. The van der Waals surface area contributed by atoms with Crippen molar-refractivity contribution in [1.29, 1.82) is 0 Å². The molecular formula is C20H21Cl3N2O2S. The summed E-state index contributed by atoms with van der Waals surface area (Å²) < 4.78 is 0. The first kappa shape index (κ1) is 22.9. The molecule has 2 rings (SSSR count). The Morgan fingerprint density at radius 3 is 2.46 bits per heavy atom. The number of rotatable bonds is 8. The second-order valence-corrected chi connectivity index (χ2v) is 8.42. The monoisotopic (exact) mass is 458 g/mol. The molecule has 2 amide bonds. The fraction of sp³-hybridized carbons (Fsp3) is 0.300. The topological polar surface area (TPSA) is 49.4 Å². The number of carbonyl (C=O) groups excluding carboxylic acids is 2. The second kappa shape index (κ2) is 11.0. The Hall–Kier alpha value is -1.40. The number of halogens is 3. The third kappa shape index (κ3) is 6.59. The van der Waals surface area contributed by atoms with Gasteiger partial charge in [0, 0.05) is 24.4 Å². The Labute approximate surface area is 184 Å². The van der Waals surface area contributed by atoms with E-state index in [1.54, 1.807) is 37.1 Å². The maximum atomic E-state index is 12.9. The van der Waals surface area contributed by atoms with Gasteiger partial charge in [0.1, 0.15) is 6.04 Å². The zero-order valence-electron chi connectivity index (χ0n) is 15.5. The highest BCUT2D eigenvalue weighted by Gasteiger charge is 2.25. The summed E-state index contributed by atoms with van der Waals surface area (Å²) in [5.74, 6) is 0.540. The molecule has 1 N–H and O–H groups in total. The minimum absolute atomic E-state index is 0.130. The van der Waals surface area contributed by atoms with E-state index < -0.39 is 6.04 Å². The summed E-state index contributed by atoms with van der Waals surface area (Å²) in [5.41, 5.74) is 1.85. The number of hydrogen-bond donors (Lipinski definition) is 1. The summed E-state index contributed by atoms with van der Waals surface area (Å²) in [4.78, 5) is 26.5. The highest BCUT2D eigenvalue weighted by Crippen LogP contribution is 2.24. The summed E-state index contributed by atoms with van der Waals surface area (Å²) in [6, 6.07) is 12.1. The van der Waals surface area contributed by atoms with Crippen LogP contribution in [-0.2, 0) is 21.9 Å². The van der Waals surface area contributed by atoms with Crippen molar-refractivity contribution < 1.29 is 9.59 Å². The fourth-order valence-corrected chi connectivity index (χ4v) is 3.98. The van der Waals surface area contributed by atoms with Crippen LogP contribution in [-0.4, -0.2) is 35.6 Å². The Morgan fingerprint density at radius 1 is 1.07 bits per heavy atom. The van der Waals surface area contributed by atoms with E-state index in [2.05, 4.69) is 5.32 Å². The van der Waals surface area contributed by atoms with E-state index in [0.29, 0.717) is 20.8 Å². The summed E-state index contributed by atoms with van der Waals surface area (Å²) in [6.45, 7) is 1.97. The molecule has 0 aliphatic rings. The number of thioether (sulfide) groups is 1. The van der Waals surface area contributed by atoms with Gasteiger partial charge in [0.05, 0.1) is 15.8 Å². The van der Waals surface area contributed by atoms with Crippen LogP contribution in [0, 0.1) is 0 Å². The molecule has 0 aliphatic carbocycles. The third-order valence-corrected chi connectivity index (χ3v) is 6.10. The number of hydrogen-bond acceptors (Lipinski definition) is 3. The van der Waals surface area contributed by atoms with Crippen LogP contribution >= 0.6 is 46.6 Å². The molecule has 2 aromatic carbocycles. The van der Waals surface area contributed by atoms with Crippen molar-refractivity contribution >= 4 is 58.4 Å². The van der Waals surface area contributed by atoms with E-state index >= 15 is 0 Å². The Kier molecular flexibility index (Phi) is 8.96. The van der Waals surface area contributed by atoms with Crippen LogP contribution in [0.5, 0.6) is 0 Å². The second-order valence-electron chi connectivity index (χ2n) is 6.18. The van der Waals surface area contributed by atoms with Crippen LogP contribution in [0.2, 0.25) is 15.1 Å². The molecule has 0 saturated heterocycles. The highest BCUT2D eigenvalue weighted by molar-refractivity contribution is 7.99. The predicted molar refractivity (Wildman–Crippen MR) is 118 cm³/mol. The molecule has 0 spiro atoms. The van der Waals surface area contributed by atoms with Crippen LogP contribution in [0.4, 0.5) is 0 Å². The summed E-state index contributed by atoms with van der Waals surface area (Å²) in [5, 5.41) is 4.11. The van der Waals surface area contributed by atoms with Gasteiger partial charge in [-0.25, -0.2) is 0 Å². The molecule has 1 atom stereocenters. The van der Waals surface area contributed by atoms with Gasteiger partial charge in [-0.1, -0.05) is 53.0 Å². The number of benzene rings is 2. The first-order chi connectivity index (χ1) is 13.3. The van der Waals surface area contributed by atoms with Crippen LogP contribution in [0.3, 0.4) is 0 Å². The zero-order valence-corrected chi connectivity index (χ0v) is 18.6.